The van der Waals surface area contributed by atoms with Crippen LogP contribution < -0.4 is 10.2 Å². The summed E-state index contributed by atoms with van der Waals surface area (Å²) in [6.45, 7) is 4.44. The highest BCUT2D eigenvalue weighted by molar-refractivity contribution is 5.93. The Balaban J connectivity index is 2.35. The molecule has 0 saturated carbocycles. The highest BCUT2D eigenvalue weighted by Gasteiger charge is 2.26. The molecule has 1 aliphatic rings. The van der Waals surface area contributed by atoms with Crippen LogP contribution in [0.2, 0.25) is 0 Å². The molecule has 0 aromatic carbocycles. The number of aromatic carboxylic acids is 1. The number of aromatic nitrogens is 1. The Hall–Kier alpha value is -2.22. The number of pyridine rings is 1. The second kappa shape index (κ2) is 6.49. The van der Waals surface area contributed by atoms with Crippen LogP contribution in [0.5, 0.6) is 0 Å². The molecule has 1 saturated heterocycles. The fourth-order valence-corrected chi connectivity index (χ4v) is 2.64. The summed E-state index contributed by atoms with van der Waals surface area (Å²) < 4.78 is 0. The molecule has 1 aliphatic heterocycles. The fraction of sp³-hybridized carbons (Fsp3) is 0.538. The van der Waals surface area contributed by atoms with Crippen LogP contribution in [0.25, 0.3) is 0 Å². The van der Waals surface area contributed by atoms with E-state index in [9.17, 15) is 14.9 Å². The van der Waals surface area contributed by atoms with Crippen LogP contribution in [0.1, 0.15) is 30.1 Å². The van der Waals surface area contributed by atoms with Crippen molar-refractivity contribution in [3.8, 4) is 0 Å². The summed E-state index contributed by atoms with van der Waals surface area (Å²) in [5, 5.41) is 23.3. The number of piperidine rings is 1. The van der Waals surface area contributed by atoms with E-state index in [1.165, 1.54) is 6.07 Å². The SMILES string of the molecule is CCN(c1cc(C(=O)O)c([N+](=O)[O-])cn1)C1CCNCC1. The van der Waals surface area contributed by atoms with Gasteiger partial charge in [0.15, 0.2) is 0 Å². The van der Waals surface area contributed by atoms with Crippen LogP contribution in [-0.2, 0) is 0 Å². The van der Waals surface area contributed by atoms with Gasteiger partial charge in [-0.3, -0.25) is 10.1 Å². The Morgan fingerprint density at radius 3 is 2.76 bits per heavy atom. The minimum Gasteiger partial charge on any atom is -0.477 e. The van der Waals surface area contributed by atoms with Gasteiger partial charge in [-0.2, -0.15) is 0 Å². The van der Waals surface area contributed by atoms with Crippen LogP contribution in [0, 0.1) is 10.1 Å². The molecule has 1 aromatic rings. The first-order valence-electron chi connectivity index (χ1n) is 6.89. The van der Waals surface area contributed by atoms with Crippen molar-refractivity contribution in [2.45, 2.75) is 25.8 Å². The van der Waals surface area contributed by atoms with Crippen LogP contribution in [0.4, 0.5) is 11.5 Å². The zero-order valence-corrected chi connectivity index (χ0v) is 11.8. The van der Waals surface area contributed by atoms with E-state index >= 15 is 0 Å². The molecular weight excluding hydrogens is 276 g/mol. The number of hydrogen-bond acceptors (Lipinski definition) is 6. The summed E-state index contributed by atoms with van der Waals surface area (Å²) in [6, 6.07) is 1.57. The lowest BCUT2D eigenvalue weighted by Crippen LogP contribution is -2.43. The number of rotatable bonds is 5. The number of nitrogens with one attached hydrogen (secondary N) is 1. The van der Waals surface area contributed by atoms with Gasteiger partial charge < -0.3 is 15.3 Å². The number of carboxylic acids is 1. The molecule has 8 heteroatoms. The van der Waals surface area contributed by atoms with Gasteiger partial charge in [-0.1, -0.05) is 0 Å². The van der Waals surface area contributed by atoms with Gasteiger partial charge >= 0.3 is 11.7 Å². The molecule has 114 valence electrons. The normalized spacial score (nSPS) is 15.7. The molecule has 8 nitrogen and oxygen atoms in total. The molecule has 0 aliphatic carbocycles. The lowest BCUT2D eigenvalue weighted by atomic mass is 10.0. The smallest absolute Gasteiger partial charge is 0.342 e. The van der Waals surface area contributed by atoms with Gasteiger partial charge in [-0.25, -0.2) is 9.78 Å². The summed E-state index contributed by atoms with van der Waals surface area (Å²) in [6.07, 6.45) is 2.91. The minimum absolute atomic E-state index is 0.270. The summed E-state index contributed by atoms with van der Waals surface area (Å²) >= 11 is 0. The van der Waals surface area contributed by atoms with Gasteiger partial charge in [-0.05, 0) is 32.9 Å². The maximum Gasteiger partial charge on any atom is 0.342 e. The Morgan fingerprint density at radius 2 is 2.24 bits per heavy atom. The highest BCUT2D eigenvalue weighted by atomic mass is 16.6. The summed E-state index contributed by atoms with van der Waals surface area (Å²) in [5.41, 5.74) is -0.801. The van der Waals surface area contributed by atoms with E-state index in [0.29, 0.717) is 12.4 Å². The number of carbonyl (C=O) groups is 1. The number of nitrogens with zero attached hydrogens (tertiary/aromatic N) is 3. The Morgan fingerprint density at radius 1 is 1.57 bits per heavy atom. The average Bonchev–Trinajstić information content (AvgIpc) is 2.48. The first-order chi connectivity index (χ1) is 10.0. The van der Waals surface area contributed by atoms with Gasteiger partial charge in [0.25, 0.3) is 0 Å². The summed E-state index contributed by atoms with van der Waals surface area (Å²) in [7, 11) is 0. The van der Waals surface area contributed by atoms with Crippen molar-refractivity contribution in [1.29, 1.82) is 0 Å². The zero-order valence-electron chi connectivity index (χ0n) is 11.8. The van der Waals surface area contributed by atoms with Gasteiger partial charge in [0.1, 0.15) is 17.6 Å². The second-order valence-electron chi connectivity index (χ2n) is 4.89. The first-order valence-corrected chi connectivity index (χ1v) is 6.89. The molecule has 0 atom stereocenters. The standard InChI is InChI=1S/C13H18N4O4/c1-2-16(9-3-5-14-6-4-9)12-7-10(13(18)19)11(8-15-12)17(20)21/h7-9,14H,2-6H2,1H3,(H,18,19). The third-order valence-corrected chi connectivity index (χ3v) is 3.68. The number of carboxylic acid groups (broad SMARTS) is 1. The molecule has 1 aromatic heterocycles. The molecule has 21 heavy (non-hydrogen) atoms. The van der Waals surface area contributed by atoms with E-state index in [1.54, 1.807) is 0 Å². The molecule has 0 spiro atoms. The largest absolute Gasteiger partial charge is 0.477 e. The van der Waals surface area contributed by atoms with Gasteiger partial charge in [0.2, 0.25) is 0 Å². The molecule has 1 fully saturated rings. The molecule has 0 radical (unpaired) electrons. The predicted molar refractivity (Wildman–Crippen MR) is 76.8 cm³/mol. The Labute approximate surface area is 121 Å². The number of anilines is 1. The fourth-order valence-electron chi connectivity index (χ4n) is 2.64. The summed E-state index contributed by atoms with van der Waals surface area (Å²) in [5.74, 6) is -0.834. The molecule has 2 rings (SSSR count). The maximum atomic E-state index is 11.2. The molecular formula is C13H18N4O4. The van der Waals surface area contributed by atoms with Crippen LogP contribution in [0.15, 0.2) is 12.3 Å². The second-order valence-corrected chi connectivity index (χ2v) is 4.89. The van der Waals surface area contributed by atoms with Crippen molar-refractivity contribution >= 4 is 17.5 Å². The Kier molecular flexibility index (Phi) is 4.69. The van der Waals surface area contributed by atoms with Crippen LogP contribution in [0.3, 0.4) is 0 Å². The van der Waals surface area contributed by atoms with Crippen LogP contribution >= 0.6 is 0 Å². The van der Waals surface area contributed by atoms with E-state index < -0.39 is 16.6 Å². The minimum atomic E-state index is -1.31. The van der Waals surface area contributed by atoms with Crippen molar-refractivity contribution in [3.05, 3.63) is 27.9 Å². The molecule has 2 heterocycles. The van der Waals surface area contributed by atoms with Crippen LogP contribution in [-0.4, -0.2) is 46.7 Å². The van der Waals surface area contributed by atoms with E-state index in [0.717, 1.165) is 32.1 Å². The molecule has 0 unspecified atom stereocenters. The first kappa shape index (κ1) is 15.2. The van der Waals surface area contributed by atoms with E-state index in [-0.39, 0.29) is 11.6 Å². The third-order valence-electron chi connectivity index (χ3n) is 3.68. The van der Waals surface area contributed by atoms with Gasteiger partial charge in [0.05, 0.1) is 4.92 Å². The van der Waals surface area contributed by atoms with Crippen molar-refractivity contribution < 1.29 is 14.8 Å². The van der Waals surface area contributed by atoms with Crippen molar-refractivity contribution in [2.24, 2.45) is 0 Å². The zero-order chi connectivity index (χ0) is 15.4. The topological polar surface area (TPSA) is 109 Å². The maximum absolute atomic E-state index is 11.2. The molecule has 0 bridgehead atoms. The Bertz CT molecular complexity index is 543. The van der Waals surface area contributed by atoms with E-state index in [4.69, 9.17) is 5.11 Å². The number of nitro groups is 1. The monoisotopic (exact) mass is 294 g/mol. The summed E-state index contributed by atoms with van der Waals surface area (Å²) in [4.78, 5) is 27.4. The molecule has 2 N–H and O–H groups in total. The average molecular weight is 294 g/mol. The quantitative estimate of drug-likeness (QED) is 0.621. The van der Waals surface area contributed by atoms with Crippen molar-refractivity contribution in [3.63, 3.8) is 0 Å². The van der Waals surface area contributed by atoms with Gasteiger partial charge in [-0.15, -0.1) is 0 Å². The lowest BCUT2D eigenvalue weighted by Gasteiger charge is -2.34. The molecule has 0 amide bonds. The third kappa shape index (κ3) is 3.27. The lowest BCUT2D eigenvalue weighted by molar-refractivity contribution is -0.385. The van der Waals surface area contributed by atoms with Crippen molar-refractivity contribution in [1.82, 2.24) is 10.3 Å². The van der Waals surface area contributed by atoms with E-state index in [2.05, 4.69) is 10.3 Å². The van der Waals surface area contributed by atoms with Gasteiger partial charge in [0, 0.05) is 18.7 Å². The number of hydrogen-bond donors (Lipinski definition) is 2. The van der Waals surface area contributed by atoms with Crippen molar-refractivity contribution in [2.75, 3.05) is 24.5 Å². The highest BCUT2D eigenvalue weighted by Crippen LogP contribution is 2.25. The predicted octanol–water partition coefficient (Wildman–Crippen LogP) is 1.27. The van der Waals surface area contributed by atoms with E-state index in [1.807, 2.05) is 11.8 Å².